The quantitative estimate of drug-likeness (QED) is 0.862. The number of aromatic hydroxyl groups is 1. The summed E-state index contributed by atoms with van der Waals surface area (Å²) in [5, 5.41) is 21.1. The molecule has 1 heterocycles. The first-order valence-corrected chi connectivity index (χ1v) is 8.96. The fourth-order valence-corrected chi connectivity index (χ4v) is 3.18. The number of hydrogen-bond acceptors (Lipinski definition) is 4. The monoisotopic (exact) mass is 375 g/mol. The molecule has 138 valence electrons. The molecule has 0 bridgehead atoms. The van der Waals surface area contributed by atoms with Gasteiger partial charge in [-0.05, 0) is 41.3 Å². The van der Waals surface area contributed by atoms with Crippen molar-refractivity contribution < 1.29 is 19.7 Å². The number of benzene rings is 2. The Labute approximate surface area is 157 Å². The number of nitrogens with zero attached hydrogens (tertiary/aromatic N) is 1. The average Bonchev–Trinajstić information content (AvgIpc) is 2.83. The van der Waals surface area contributed by atoms with E-state index < -0.39 is 6.10 Å². The summed E-state index contributed by atoms with van der Waals surface area (Å²) in [4.78, 5) is 14.1. The average molecular weight is 376 g/mol. The highest BCUT2D eigenvalue weighted by Gasteiger charge is 2.28. The molecule has 0 aliphatic carbocycles. The molecule has 0 saturated carbocycles. The van der Waals surface area contributed by atoms with E-state index in [1.54, 1.807) is 30.9 Å². The number of rotatable bonds is 3. The van der Waals surface area contributed by atoms with Crippen molar-refractivity contribution in [2.75, 3.05) is 13.2 Å². The van der Waals surface area contributed by atoms with Crippen LogP contribution in [-0.4, -0.2) is 40.3 Å². The molecular formula is C20H22ClNO4. The molecule has 0 radical (unpaired) electrons. The highest BCUT2D eigenvalue weighted by atomic mass is 35.5. The van der Waals surface area contributed by atoms with Crippen LogP contribution >= 0.6 is 11.6 Å². The number of amides is 1. The largest absolute Gasteiger partial charge is 0.504 e. The summed E-state index contributed by atoms with van der Waals surface area (Å²) < 4.78 is 5.66. The van der Waals surface area contributed by atoms with Crippen molar-refractivity contribution in [3.63, 3.8) is 0 Å². The van der Waals surface area contributed by atoms with Gasteiger partial charge in [-0.3, -0.25) is 4.79 Å². The van der Waals surface area contributed by atoms with Gasteiger partial charge in [-0.15, -0.1) is 0 Å². The minimum absolute atomic E-state index is 0.0242. The van der Waals surface area contributed by atoms with Crippen molar-refractivity contribution in [3.05, 3.63) is 47.0 Å². The lowest BCUT2D eigenvalue weighted by Crippen LogP contribution is -2.42. The van der Waals surface area contributed by atoms with Gasteiger partial charge in [-0.1, -0.05) is 37.6 Å². The summed E-state index contributed by atoms with van der Waals surface area (Å²) in [7, 11) is 0. The third kappa shape index (κ3) is 3.79. The van der Waals surface area contributed by atoms with E-state index in [9.17, 15) is 15.0 Å². The van der Waals surface area contributed by atoms with Gasteiger partial charge in [-0.2, -0.15) is 0 Å². The van der Waals surface area contributed by atoms with Gasteiger partial charge in [0, 0.05) is 17.1 Å². The normalized spacial score (nSPS) is 15.2. The SMILES string of the molecule is CC(C)C(O)C(=O)N1CCOc2c(O)cc(-c3cccc(Cl)c3)cc2C1. The molecule has 26 heavy (non-hydrogen) atoms. The summed E-state index contributed by atoms with van der Waals surface area (Å²) in [6.07, 6.45) is -1.05. The van der Waals surface area contributed by atoms with Gasteiger partial charge in [0.15, 0.2) is 11.5 Å². The minimum Gasteiger partial charge on any atom is -0.504 e. The molecule has 1 aliphatic heterocycles. The lowest BCUT2D eigenvalue weighted by atomic mass is 10.0. The number of ether oxygens (including phenoxy) is 1. The molecule has 1 unspecified atom stereocenters. The molecule has 2 aromatic rings. The highest BCUT2D eigenvalue weighted by Crippen LogP contribution is 2.38. The van der Waals surface area contributed by atoms with Crippen LogP contribution < -0.4 is 4.74 Å². The number of aliphatic hydroxyl groups excluding tert-OH is 1. The first-order chi connectivity index (χ1) is 12.4. The zero-order chi connectivity index (χ0) is 18.8. The first kappa shape index (κ1) is 18.5. The Bertz CT molecular complexity index is 821. The molecule has 2 aromatic carbocycles. The van der Waals surface area contributed by atoms with E-state index in [1.165, 1.54) is 0 Å². The fraction of sp³-hybridized carbons (Fsp3) is 0.350. The summed E-state index contributed by atoms with van der Waals surface area (Å²) in [6, 6.07) is 10.8. The molecule has 0 aromatic heterocycles. The number of carbonyl (C=O) groups is 1. The second kappa shape index (κ2) is 7.56. The molecular weight excluding hydrogens is 354 g/mol. The molecule has 1 amide bonds. The lowest BCUT2D eigenvalue weighted by molar-refractivity contribution is -0.143. The molecule has 5 nitrogen and oxygen atoms in total. The summed E-state index contributed by atoms with van der Waals surface area (Å²) in [5.74, 6) is -0.0947. The first-order valence-electron chi connectivity index (χ1n) is 8.58. The Balaban J connectivity index is 1.96. The number of hydrogen-bond donors (Lipinski definition) is 2. The predicted molar refractivity (Wildman–Crippen MR) is 100 cm³/mol. The van der Waals surface area contributed by atoms with Crippen molar-refractivity contribution in [2.45, 2.75) is 26.5 Å². The van der Waals surface area contributed by atoms with Crippen molar-refractivity contribution in [1.82, 2.24) is 4.90 Å². The van der Waals surface area contributed by atoms with E-state index >= 15 is 0 Å². The Morgan fingerprint density at radius 2 is 2.00 bits per heavy atom. The van der Waals surface area contributed by atoms with Crippen molar-refractivity contribution in [2.24, 2.45) is 5.92 Å². The van der Waals surface area contributed by atoms with Gasteiger partial charge in [0.2, 0.25) is 0 Å². The molecule has 6 heteroatoms. The number of halogens is 1. The number of phenolic OH excluding ortho intramolecular Hbond substituents is 1. The van der Waals surface area contributed by atoms with Gasteiger partial charge in [0.05, 0.1) is 6.54 Å². The van der Waals surface area contributed by atoms with Crippen molar-refractivity contribution in [1.29, 1.82) is 0 Å². The molecule has 1 aliphatic rings. The molecule has 2 N–H and O–H groups in total. The molecule has 1 atom stereocenters. The van der Waals surface area contributed by atoms with Crippen molar-refractivity contribution >= 4 is 17.5 Å². The van der Waals surface area contributed by atoms with Crippen LogP contribution in [0.2, 0.25) is 5.02 Å². The van der Waals surface area contributed by atoms with Crippen LogP contribution in [-0.2, 0) is 11.3 Å². The van der Waals surface area contributed by atoms with E-state index in [2.05, 4.69) is 0 Å². The topological polar surface area (TPSA) is 70.0 Å². The van der Waals surface area contributed by atoms with Gasteiger partial charge in [0.1, 0.15) is 12.7 Å². The zero-order valence-electron chi connectivity index (χ0n) is 14.8. The maximum Gasteiger partial charge on any atom is 0.252 e. The number of aliphatic hydroxyl groups is 1. The van der Waals surface area contributed by atoms with Crippen LogP contribution in [0.5, 0.6) is 11.5 Å². The molecule has 0 spiro atoms. The molecule has 0 fully saturated rings. The van der Waals surface area contributed by atoms with Crippen LogP contribution in [0.25, 0.3) is 11.1 Å². The van der Waals surface area contributed by atoms with Gasteiger partial charge in [-0.25, -0.2) is 0 Å². The smallest absolute Gasteiger partial charge is 0.252 e. The fourth-order valence-electron chi connectivity index (χ4n) is 2.99. The second-order valence-corrected chi connectivity index (χ2v) is 7.23. The lowest BCUT2D eigenvalue weighted by Gasteiger charge is -2.24. The van der Waals surface area contributed by atoms with E-state index in [0.29, 0.717) is 22.9 Å². The molecule has 0 saturated heterocycles. The Hall–Kier alpha value is -2.24. The third-order valence-electron chi connectivity index (χ3n) is 4.47. The maximum absolute atomic E-state index is 12.5. The van der Waals surface area contributed by atoms with Crippen LogP contribution in [0.15, 0.2) is 36.4 Å². The summed E-state index contributed by atoms with van der Waals surface area (Å²) in [6.45, 7) is 4.47. The Morgan fingerprint density at radius 1 is 1.23 bits per heavy atom. The van der Waals surface area contributed by atoms with Crippen LogP contribution in [0, 0.1) is 5.92 Å². The summed E-state index contributed by atoms with van der Waals surface area (Å²) in [5.41, 5.74) is 2.34. The minimum atomic E-state index is -1.05. The van der Waals surface area contributed by atoms with Crippen LogP contribution in [0.1, 0.15) is 19.4 Å². The van der Waals surface area contributed by atoms with Crippen LogP contribution in [0.4, 0.5) is 0 Å². The van der Waals surface area contributed by atoms with E-state index in [-0.39, 0.29) is 30.7 Å². The second-order valence-electron chi connectivity index (χ2n) is 6.79. The number of carbonyl (C=O) groups excluding carboxylic acids is 1. The standard InChI is InChI=1S/C20H22ClNO4/c1-12(2)18(24)20(25)22-6-7-26-19-15(11-22)8-14(10-17(19)23)13-4-3-5-16(21)9-13/h3-5,8-10,12,18,23-24H,6-7,11H2,1-2H3. The zero-order valence-corrected chi connectivity index (χ0v) is 15.5. The van der Waals surface area contributed by atoms with Gasteiger partial charge < -0.3 is 19.8 Å². The number of phenols is 1. The Kier molecular flexibility index (Phi) is 5.39. The van der Waals surface area contributed by atoms with Crippen LogP contribution in [0.3, 0.4) is 0 Å². The third-order valence-corrected chi connectivity index (χ3v) is 4.70. The Morgan fingerprint density at radius 3 is 2.69 bits per heavy atom. The van der Waals surface area contributed by atoms with E-state index in [1.807, 2.05) is 24.3 Å². The van der Waals surface area contributed by atoms with Gasteiger partial charge >= 0.3 is 0 Å². The molecule has 3 rings (SSSR count). The van der Waals surface area contributed by atoms with E-state index in [4.69, 9.17) is 16.3 Å². The predicted octanol–water partition coefficient (Wildman–Crippen LogP) is 3.45. The van der Waals surface area contributed by atoms with Crippen molar-refractivity contribution in [3.8, 4) is 22.6 Å². The maximum atomic E-state index is 12.5. The number of fused-ring (bicyclic) bond motifs is 1. The van der Waals surface area contributed by atoms with E-state index in [0.717, 1.165) is 11.1 Å². The highest BCUT2D eigenvalue weighted by molar-refractivity contribution is 6.30. The van der Waals surface area contributed by atoms with Gasteiger partial charge in [0.25, 0.3) is 5.91 Å². The summed E-state index contributed by atoms with van der Waals surface area (Å²) >= 11 is 6.07.